The molecule has 0 bridgehead atoms. The number of fused-ring (bicyclic) bond motifs is 1. The van der Waals surface area contributed by atoms with Gasteiger partial charge in [-0.2, -0.15) is 0 Å². The summed E-state index contributed by atoms with van der Waals surface area (Å²) in [5.41, 5.74) is 0.946. The molecule has 2 heterocycles. The lowest BCUT2D eigenvalue weighted by Gasteiger charge is -2.25. The van der Waals surface area contributed by atoms with Gasteiger partial charge >= 0.3 is 5.97 Å². The Morgan fingerprint density at radius 3 is 2.45 bits per heavy atom. The highest BCUT2D eigenvalue weighted by Gasteiger charge is 2.70. The number of carbonyl (C=O) groups is 3. The number of nitrogens with two attached hydrogens (primary N) is 1. The van der Waals surface area contributed by atoms with E-state index in [1.807, 2.05) is 31.2 Å². The number of nitrogens with zero attached hydrogens (tertiary/aromatic N) is 1. The molecule has 29 heavy (non-hydrogen) atoms. The maximum absolute atomic E-state index is 13.4. The molecule has 2 aromatic rings. The molecule has 0 aliphatic carbocycles. The fourth-order valence-electron chi connectivity index (χ4n) is 4.70. The number of esters is 1. The van der Waals surface area contributed by atoms with Crippen LogP contribution in [0.25, 0.3) is 0 Å². The van der Waals surface area contributed by atoms with Crippen LogP contribution in [-0.2, 0) is 19.1 Å². The van der Waals surface area contributed by atoms with E-state index in [1.165, 1.54) is 31.4 Å². The molecule has 2 fully saturated rings. The summed E-state index contributed by atoms with van der Waals surface area (Å²) in [6, 6.07) is 12.5. The van der Waals surface area contributed by atoms with E-state index in [2.05, 4.69) is 0 Å². The lowest BCUT2D eigenvalue weighted by molar-refractivity contribution is -0.730. The van der Waals surface area contributed by atoms with Gasteiger partial charge in [-0.05, 0) is 31.2 Å². The third-order valence-electron chi connectivity index (χ3n) is 6.05. The SMILES string of the molecule is COC(=O)[C@@]1(C)[NH2+][C@H](c2cccc(C)c2)[C@@H]2C(=O)N(c3ccc(F)cc3)C(=O)[C@H]21. The third kappa shape index (κ3) is 2.84. The number of anilines is 1. The smallest absolute Gasteiger partial charge is 0.368 e. The van der Waals surface area contributed by atoms with Crippen molar-refractivity contribution in [2.75, 3.05) is 12.0 Å². The summed E-state index contributed by atoms with van der Waals surface area (Å²) in [4.78, 5) is 40.5. The van der Waals surface area contributed by atoms with E-state index in [0.717, 1.165) is 16.0 Å². The molecule has 4 atom stereocenters. The summed E-state index contributed by atoms with van der Waals surface area (Å²) in [7, 11) is 1.27. The molecule has 2 aliphatic rings. The van der Waals surface area contributed by atoms with Crippen LogP contribution < -0.4 is 10.2 Å². The summed E-state index contributed by atoms with van der Waals surface area (Å²) in [5.74, 6) is -3.47. The van der Waals surface area contributed by atoms with Crippen LogP contribution in [0.3, 0.4) is 0 Å². The number of hydrogen-bond acceptors (Lipinski definition) is 4. The van der Waals surface area contributed by atoms with Gasteiger partial charge < -0.3 is 10.1 Å². The minimum absolute atomic E-state index is 0.297. The Morgan fingerprint density at radius 2 is 1.83 bits per heavy atom. The molecule has 6 nitrogen and oxygen atoms in total. The van der Waals surface area contributed by atoms with E-state index in [0.29, 0.717) is 5.69 Å². The molecule has 4 rings (SSSR count). The van der Waals surface area contributed by atoms with Crippen molar-refractivity contribution in [2.45, 2.75) is 25.4 Å². The van der Waals surface area contributed by atoms with E-state index >= 15 is 0 Å². The molecule has 0 radical (unpaired) electrons. The number of carbonyl (C=O) groups excluding carboxylic acids is 3. The second-order valence-electron chi connectivity index (χ2n) is 7.87. The van der Waals surface area contributed by atoms with E-state index in [-0.39, 0.29) is 5.91 Å². The number of halogens is 1. The quantitative estimate of drug-likeness (QED) is 0.629. The number of imide groups is 1. The van der Waals surface area contributed by atoms with Crippen LogP contribution in [0, 0.1) is 24.6 Å². The van der Waals surface area contributed by atoms with E-state index in [9.17, 15) is 18.8 Å². The van der Waals surface area contributed by atoms with Crippen molar-refractivity contribution in [3.05, 3.63) is 65.5 Å². The third-order valence-corrected chi connectivity index (χ3v) is 6.05. The second kappa shape index (κ2) is 6.77. The van der Waals surface area contributed by atoms with Gasteiger partial charge in [0.15, 0.2) is 0 Å². The van der Waals surface area contributed by atoms with Crippen molar-refractivity contribution in [3.8, 4) is 0 Å². The fourth-order valence-corrected chi connectivity index (χ4v) is 4.70. The maximum atomic E-state index is 13.4. The van der Waals surface area contributed by atoms with Crippen molar-refractivity contribution >= 4 is 23.5 Å². The summed E-state index contributed by atoms with van der Waals surface area (Å²) in [6.07, 6.45) is 0. The van der Waals surface area contributed by atoms with Crippen LogP contribution in [0.4, 0.5) is 10.1 Å². The van der Waals surface area contributed by atoms with E-state index < -0.39 is 41.1 Å². The summed E-state index contributed by atoms with van der Waals surface area (Å²) < 4.78 is 18.3. The Kier molecular flexibility index (Phi) is 4.50. The number of hydrogen-bond donors (Lipinski definition) is 1. The van der Waals surface area contributed by atoms with Gasteiger partial charge in [0.25, 0.3) is 0 Å². The van der Waals surface area contributed by atoms with Gasteiger partial charge in [-0.3, -0.25) is 9.59 Å². The van der Waals surface area contributed by atoms with Crippen molar-refractivity contribution in [3.63, 3.8) is 0 Å². The van der Waals surface area contributed by atoms with Gasteiger partial charge in [-0.25, -0.2) is 14.1 Å². The van der Waals surface area contributed by atoms with Gasteiger partial charge in [0.1, 0.15) is 23.7 Å². The average Bonchev–Trinajstić information content (AvgIpc) is 3.16. The first kappa shape index (κ1) is 19.3. The molecule has 2 aliphatic heterocycles. The molecule has 2 N–H and O–H groups in total. The predicted molar refractivity (Wildman–Crippen MR) is 102 cm³/mol. The minimum atomic E-state index is -1.24. The van der Waals surface area contributed by atoms with Gasteiger partial charge in [0.2, 0.25) is 17.4 Å². The number of amides is 2. The minimum Gasteiger partial charge on any atom is -0.464 e. The molecule has 7 heteroatoms. The first-order valence-electron chi connectivity index (χ1n) is 9.42. The van der Waals surface area contributed by atoms with E-state index in [1.54, 1.807) is 12.2 Å². The Bertz CT molecular complexity index is 1010. The van der Waals surface area contributed by atoms with Crippen molar-refractivity contribution in [1.82, 2.24) is 0 Å². The molecule has 150 valence electrons. The number of ether oxygens (including phenoxy) is 1. The standard InChI is InChI=1S/C22H21FN2O4/c1-12-5-4-6-13(11-12)18-16-17(22(2,24-18)21(28)29-3)20(27)25(19(16)26)15-9-7-14(23)8-10-15/h4-11,16-18,24H,1-3H3/p+1/t16-,17+,18-,22+/m1/s1. The zero-order valence-corrected chi connectivity index (χ0v) is 16.4. The molecule has 0 saturated carbocycles. The number of quaternary nitrogens is 1. The molecule has 0 unspecified atom stereocenters. The normalized spacial score (nSPS) is 28.6. The highest BCUT2D eigenvalue weighted by molar-refractivity contribution is 6.23. The van der Waals surface area contributed by atoms with Crippen LogP contribution in [-0.4, -0.2) is 30.4 Å². The Morgan fingerprint density at radius 1 is 1.14 bits per heavy atom. The van der Waals surface area contributed by atoms with Gasteiger partial charge in [0, 0.05) is 12.5 Å². The lowest BCUT2D eigenvalue weighted by Crippen LogP contribution is -2.97. The number of rotatable bonds is 3. The fraction of sp³-hybridized carbons (Fsp3) is 0.318. The monoisotopic (exact) mass is 397 g/mol. The van der Waals surface area contributed by atoms with Crippen LogP contribution >= 0.6 is 0 Å². The summed E-state index contributed by atoms with van der Waals surface area (Å²) in [5, 5.41) is 1.78. The van der Waals surface area contributed by atoms with Crippen LogP contribution in [0.5, 0.6) is 0 Å². The molecule has 2 aromatic carbocycles. The molecule has 2 saturated heterocycles. The number of methoxy groups -OCH3 is 1. The van der Waals surface area contributed by atoms with Gasteiger partial charge in [-0.1, -0.05) is 29.8 Å². The second-order valence-corrected chi connectivity index (χ2v) is 7.87. The van der Waals surface area contributed by atoms with Crippen molar-refractivity contribution in [2.24, 2.45) is 11.8 Å². The summed E-state index contributed by atoms with van der Waals surface area (Å²) in [6.45, 7) is 3.59. The highest BCUT2D eigenvalue weighted by atomic mass is 19.1. The molecule has 2 amide bonds. The Balaban J connectivity index is 1.83. The number of aryl methyl sites for hydroxylation is 1. The zero-order chi connectivity index (χ0) is 20.9. The van der Waals surface area contributed by atoms with Crippen LogP contribution in [0.15, 0.2) is 48.5 Å². The van der Waals surface area contributed by atoms with Crippen LogP contribution in [0.2, 0.25) is 0 Å². The number of benzene rings is 2. The zero-order valence-electron chi connectivity index (χ0n) is 16.4. The topological polar surface area (TPSA) is 80.3 Å². The Hall–Kier alpha value is -3.06. The Labute approximate surface area is 167 Å². The lowest BCUT2D eigenvalue weighted by atomic mass is 9.80. The van der Waals surface area contributed by atoms with Gasteiger partial charge in [0.05, 0.1) is 12.8 Å². The maximum Gasteiger partial charge on any atom is 0.368 e. The average molecular weight is 397 g/mol. The first-order valence-corrected chi connectivity index (χ1v) is 9.42. The molecule has 0 aromatic heterocycles. The first-order chi connectivity index (χ1) is 13.8. The largest absolute Gasteiger partial charge is 0.464 e. The van der Waals surface area contributed by atoms with Crippen molar-refractivity contribution < 1.29 is 28.8 Å². The molecule has 0 spiro atoms. The predicted octanol–water partition coefficient (Wildman–Crippen LogP) is 1.49. The van der Waals surface area contributed by atoms with Crippen molar-refractivity contribution in [1.29, 1.82) is 0 Å². The molecular formula is C22H22FN2O4+. The van der Waals surface area contributed by atoms with Gasteiger partial charge in [-0.15, -0.1) is 0 Å². The highest BCUT2D eigenvalue weighted by Crippen LogP contribution is 2.45. The summed E-state index contributed by atoms with van der Waals surface area (Å²) >= 11 is 0. The van der Waals surface area contributed by atoms with E-state index in [4.69, 9.17) is 4.74 Å². The molecular weight excluding hydrogens is 375 g/mol. The van der Waals surface area contributed by atoms with Crippen LogP contribution in [0.1, 0.15) is 24.1 Å².